The third-order valence-electron chi connectivity index (χ3n) is 4.52. The highest BCUT2D eigenvalue weighted by molar-refractivity contribution is 5.01. The number of hydrogen-bond acceptors (Lipinski definition) is 3. The summed E-state index contributed by atoms with van der Waals surface area (Å²) >= 11 is 0. The van der Waals surface area contributed by atoms with Crippen molar-refractivity contribution >= 4 is 0 Å². The molecule has 1 aromatic heterocycles. The monoisotopic (exact) mass is 249 g/mol. The minimum atomic E-state index is 0.148. The Hall–Kier alpha value is -0.870. The van der Waals surface area contributed by atoms with Crippen molar-refractivity contribution in [3.63, 3.8) is 0 Å². The highest BCUT2D eigenvalue weighted by atomic mass is 16.5. The number of H-pyrrole nitrogens is 1. The van der Waals surface area contributed by atoms with Gasteiger partial charge in [0.2, 0.25) is 0 Å². The van der Waals surface area contributed by atoms with Crippen molar-refractivity contribution in [2.75, 3.05) is 19.7 Å². The van der Waals surface area contributed by atoms with Crippen LogP contribution in [0.2, 0.25) is 0 Å². The molecule has 2 fully saturated rings. The van der Waals surface area contributed by atoms with Crippen LogP contribution in [0.15, 0.2) is 12.5 Å². The van der Waals surface area contributed by atoms with Gasteiger partial charge in [0.05, 0.1) is 18.5 Å². The standard InChI is InChI=1S/C14H23N3O/c1-11(2)12-5-14(18-8-12)3-4-17(9-14)7-13-6-15-10-16-13/h6,10-12H,3-5,7-9H2,1-2H3,(H,15,16). The van der Waals surface area contributed by atoms with Gasteiger partial charge in [-0.3, -0.25) is 4.90 Å². The summed E-state index contributed by atoms with van der Waals surface area (Å²) in [6.07, 6.45) is 6.09. The summed E-state index contributed by atoms with van der Waals surface area (Å²) in [6.45, 7) is 8.76. The molecule has 3 heterocycles. The molecule has 2 unspecified atom stereocenters. The van der Waals surface area contributed by atoms with Crippen molar-refractivity contribution in [1.29, 1.82) is 0 Å². The van der Waals surface area contributed by atoms with Crippen LogP contribution < -0.4 is 0 Å². The molecule has 1 aromatic rings. The van der Waals surface area contributed by atoms with Gasteiger partial charge in [-0.15, -0.1) is 0 Å². The topological polar surface area (TPSA) is 41.1 Å². The van der Waals surface area contributed by atoms with E-state index in [2.05, 4.69) is 28.7 Å². The van der Waals surface area contributed by atoms with Crippen LogP contribution in [0.25, 0.3) is 0 Å². The van der Waals surface area contributed by atoms with Gasteiger partial charge in [-0.25, -0.2) is 4.98 Å². The first-order chi connectivity index (χ1) is 8.67. The van der Waals surface area contributed by atoms with E-state index < -0.39 is 0 Å². The number of hydrogen-bond donors (Lipinski definition) is 1. The molecule has 2 atom stereocenters. The van der Waals surface area contributed by atoms with Crippen molar-refractivity contribution in [3.05, 3.63) is 18.2 Å². The van der Waals surface area contributed by atoms with Crippen LogP contribution in [0.1, 0.15) is 32.4 Å². The van der Waals surface area contributed by atoms with Crippen LogP contribution in [-0.2, 0) is 11.3 Å². The molecule has 4 nitrogen and oxygen atoms in total. The molecule has 0 aliphatic carbocycles. The first-order valence-corrected chi connectivity index (χ1v) is 7.00. The lowest BCUT2D eigenvalue weighted by Gasteiger charge is -2.23. The molecule has 3 rings (SSSR count). The Morgan fingerprint density at radius 3 is 3.17 bits per heavy atom. The molecule has 0 saturated carbocycles. The molecular formula is C14H23N3O. The van der Waals surface area contributed by atoms with Gasteiger partial charge in [-0.05, 0) is 24.7 Å². The van der Waals surface area contributed by atoms with E-state index in [4.69, 9.17) is 4.74 Å². The Morgan fingerprint density at radius 2 is 2.50 bits per heavy atom. The largest absolute Gasteiger partial charge is 0.373 e. The zero-order chi connectivity index (χ0) is 12.6. The minimum Gasteiger partial charge on any atom is -0.373 e. The average molecular weight is 249 g/mol. The summed E-state index contributed by atoms with van der Waals surface area (Å²) in [5, 5.41) is 0. The van der Waals surface area contributed by atoms with Crippen LogP contribution in [0, 0.1) is 11.8 Å². The second kappa shape index (κ2) is 4.67. The Bertz CT molecular complexity index is 390. The fourth-order valence-electron chi connectivity index (χ4n) is 3.27. The zero-order valence-corrected chi connectivity index (χ0v) is 11.4. The van der Waals surface area contributed by atoms with E-state index in [1.807, 2.05) is 6.20 Å². The molecule has 0 amide bonds. The molecule has 0 aromatic carbocycles. The summed E-state index contributed by atoms with van der Waals surface area (Å²) in [6, 6.07) is 0. The number of ether oxygens (including phenoxy) is 1. The van der Waals surface area contributed by atoms with Gasteiger partial charge < -0.3 is 9.72 Å². The van der Waals surface area contributed by atoms with Gasteiger partial charge in [-0.2, -0.15) is 0 Å². The average Bonchev–Trinajstić information content (AvgIpc) is 3.03. The summed E-state index contributed by atoms with van der Waals surface area (Å²) < 4.78 is 6.16. The Balaban J connectivity index is 1.58. The van der Waals surface area contributed by atoms with Crippen LogP contribution in [0.5, 0.6) is 0 Å². The SMILES string of the molecule is CC(C)C1COC2(CCN(Cc3cnc[nH]3)C2)C1. The number of imidazole rings is 1. The molecule has 4 heteroatoms. The molecule has 1 N–H and O–H groups in total. The predicted octanol–water partition coefficient (Wildman–Crippen LogP) is 2.05. The highest BCUT2D eigenvalue weighted by Crippen LogP contribution is 2.40. The van der Waals surface area contributed by atoms with Gasteiger partial charge in [0.15, 0.2) is 0 Å². The van der Waals surface area contributed by atoms with Crippen LogP contribution >= 0.6 is 0 Å². The van der Waals surface area contributed by atoms with Crippen molar-refractivity contribution in [2.24, 2.45) is 11.8 Å². The maximum Gasteiger partial charge on any atom is 0.0922 e. The summed E-state index contributed by atoms with van der Waals surface area (Å²) in [5.41, 5.74) is 1.35. The van der Waals surface area contributed by atoms with E-state index >= 15 is 0 Å². The number of rotatable bonds is 3. The molecular weight excluding hydrogens is 226 g/mol. The summed E-state index contributed by atoms with van der Waals surface area (Å²) in [4.78, 5) is 9.73. The number of nitrogens with one attached hydrogen (secondary N) is 1. The molecule has 2 aliphatic heterocycles. The van der Waals surface area contributed by atoms with E-state index in [1.165, 1.54) is 18.5 Å². The highest BCUT2D eigenvalue weighted by Gasteiger charge is 2.45. The second-order valence-electron chi connectivity index (χ2n) is 6.24. The van der Waals surface area contributed by atoms with Gasteiger partial charge in [-0.1, -0.05) is 13.8 Å². The molecule has 0 radical (unpaired) electrons. The molecule has 18 heavy (non-hydrogen) atoms. The smallest absolute Gasteiger partial charge is 0.0922 e. The minimum absolute atomic E-state index is 0.148. The first-order valence-electron chi connectivity index (χ1n) is 7.00. The van der Waals surface area contributed by atoms with Gasteiger partial charge in [0.25, 0.3) is 0 Å². The molecule has 2 saturated heterocycles. The van der Waals surface area contributed by atoms with Gasteiger partial charge in [0, 0.05) is 31.5 Å². The molecule has 0 bridgehead atoms. The molecule has 2 aliphatic rings. The lowest BCUT2D eigenvalue weighted by Crippen LogP contribution is -2.32. The lowest BCUT2D eigenvalue weighted by molar-refractivity contribution is 0.0105. The van der Waals surface area contributed by atoms with E-state index in [-0.39, 0.29) is 5.60 Å². The van der Waals surface area contributed by atoms with Crippen LogP contribution in [0.4, 0.5) is 0 Å². The zero-order valence-electron chi connectivity index (χ0n) is 11.4. The van der Waals surface area contributed by atoms with Crippen molar-refractivity contribution in [2.45, 2.75) is 38.8 Å². The fraction of sp³-hybridized carbons (Fsp3) is 0.786. The maximum absolute atomic E-state index is 6.16. The molecule has 1 spiro atoms. The van der Waals surface area contributed by atoms with Crippen LogP contribution in [-0.4, -0.2) is 40.2 Å². The Labute approximate surface area is 109 Å². The Kier molecular flexibility index (Phi) is 3.16. The van der Waals surface area contributed by atoms with Crippen molar-refractivity contribution in [1.82, 2.24) is 14.9 Å². The van der Waals surface area contributed by atoms with Crippen LogP contribution in [0.3, 0.4) is 0 Å². The fourth-order valence-corrected chi connectivity index (χ4v) is 3.27. The maximum atomic E-state index is 6.16. The Morgan fingerprint density at radius 1 is 1.61 bits per heavy atom. The van der Waals surface area contributed by atoms with Gasteiger partial charge >= 0.3 is 0 Å². The quantitative estimate of drug-likeness (QED) is 0.891. The van der Waals surface area contributed by atoms with Crippen molar-refractivity contribution < 1.29 is 4.74 Å². The van der Waals surface area contributed by atoms with E-state index in [0.29, 0.717) is 0 Å². The van der Waals surface area contributed by atoms with Gasteiger partial charge in [0.1, 0.15) is 0 Å². The third-order valence-corrected chi connectivity index (χ3v) is 4.52. The molecule has 100 valence electrons. The summed E-state index contributed by atoms with van der Waals surface area (Å²) in [7, 11) is 0. The third kappa shape index (κ3) is 2.31. The van der Waals surface area contributed by atoms with Crippen molar-refractivity contribution in [3.8, 4) is 0 Å². The summed E-state index contributed by atoms with van der Waals surface area (Å²) in [5.74, 6) is 1.49. The predicted molar refractivity (Wildman–Crippen MR) is 70.1 cm³/mol. The first kappa shape index (κ1) is 12.2. The number of aromatic amines is 1. The number of likely N-dealkylation sites (tertiary alicyclic amines) is 1. The van der Waals surface area contributed by atoms with E-state index in [1.54, 1.807) is 6.33 Å². The van der Waals surface area contributed by atoms with E-state index in [0.717, 1.165) is 38.1 Å². The number of nitrogens with zero attached hydrogens (tertiary/aromatic N) is 2. The second-order valence-corrected chi connectivity index (χ2v) is 6.24. The number of aromatic nitrogens is 2. The lowest BCUT2D eigenvalue weighted by atomic mass is 9.87. The van der Waals surface area contributed by atoms with E-state index in [9.17, 15) is 0 Å². The normalized spacial score (nSPS) is 32.9.